The van der Waals surface area contributed by atoms with E-state index in [0.29, 0.717) is 25.1 Å². The normalized spacial score (nSPS) is 23.0. The minimum Gasteiger partial charge on any atom is -0.478 e. The van der Waals surface area contributed by atoms with Crippen LogP contribution in [0.1, 0.15) is 42.1 Å². The highest BCUT2D eigenvalue weighted by atomic mass is 32.2. The van der Waals surface area contributed by atoms with Gasteiger partial charge in [0.05, 0.1) is 10.5 Å². The molecule has 2 heterocycles. The highest BCUT2D eigenvalue weighted by molar-refractivity contribution is 7.89. The van der Waals surface area contributed by atoms with Crippen LogP contribution in [-0.4, -0.2) is 60.9 Å². The molecule has 0 aliphatic carbocycles. The lowest BCUT2D eigenvalue weighted by molar-refractivity contribution is 0.0696. The van der Waals surface area contributed by atoms with E-state index >= 15 is 0 Å². The molecule has 1 N–H and O–H groups in total. The molecule has 2 fully saturated rings. The molecule has 0 unspecified atom stereocenters. The predicted octanol–water partition coefficient (Wildman–Crippen LogP) is 1.81. The van der Waals surface area contributed by atoms with Gasteiger partial charge in [0.15, 0.2) is 0 Å². The first kappa shape index (κ1) is 17.4. The second-order valence-corrected chi connectivity index (χ2v) is 8.44. The number of carboxylic acids is 1. The third-order valence-electron chi connectivity index (χ3n) is 5.10. The molecule has 24 heavy (non-hydrogen) atoms. The first-order valence-electron chi connectivity index (χ1n) is 8.54. The molecule has 0 amide bonds. The summed E-state index contributed by atoms with van der Waals surface area (Å²) in [6.07, 6.45) is 3.77. The summed E-state index contributed by atoms with van der Waals surface area (Å²) in [5.41, 5.74) is 0.686. The Kier molecular flexibility index (Phi) is 4.94. The number of hydrogen-bond acceptors (Lipinski definition) is 4. The van der Waals surface area contributed by atoms with Crippen LogP contribution in [-0.2, 0) is 16.4 Å². The van der Waals surface area contributed by atoms with Crippen molar-refractivity contribution in [1.29, 1.82) is 0 Å². The van der Waals surface area contributed by atoms with Crippen molar-refractivity contribution in [3.05, 3.63) is 29.3 Å². The van der Waals surface area contributed by atoms with Crippen LogP contribution in [0.2, 0.25) is 0 Å². The lowest BCUT2D eigenvalue weighted by Gasteiger charge is -2.24. The number of hydrogen-bond donors (Lipinski definition) is 1. The van der Waals surface area contributed by atoms with E-state index in [0.717, 1.165) is 19.5 Å². The lowest BCUT2D eigenvalue weighted by Crippen LogP contribution is -2.37. The highest BCUT2D eigenvalue weighted by Crippen LogP contribution is 2.28. The van der Waals surface area contributed by atoms with Crippen molar-refractivity contribution < 1.29 is 18.3 Å². The van der Waals surface area contributed by atoms with E-state index in [4.69, 9.17) is 0 Å². The number of carbonyl (C=O) groups is 1. The first-order valence-corrected chi connectivity index (χ1v) is 9.98. The molecule has 7 heteroatoms. The molecule has 0 saturated carbocycles. The summed E-state index contributed by atoms with van der Waals surface area (Å²) in [5, 5.41) is 9.17. The zero-order chi connectivity index (χ0) is 17.3. The first-order chi connectivity index (χ1) is 11.4. The molecule has 0 radical (unpaired) electrons. The molecule has 1 atom stereocenters. The van der Waals surface area contributed by atoms with Crippen LogP contribution in [0.15, 0.2) is 23.1 Å². The Balaban J connectivity index is 1.87. The van der Waals surface area contributed by atoms with Crippen LogP contribution >= 0.6 is 0 Å². The highest BCUT2D eigenvalue weighted by Gasteiger charge is 2.36. The Morgan fingerprint density at radius 2 is 1.96 bits per heavy atom. The average Bonchev–Trinajstić information content (AvgIpc) is 3.25. The number of aryl methyl sites for hydroxylation is 1. The van der Waals surface area contributed by atoms with Gasteiger partial charge in [-0.05, 0) is 56.5 Å². The van der Waals surface area contributed by atoms with E-state index in [1.165, 1.54) is 29.3 Å². The van der Waals surface area contributed by atoms with Gasteiger partial charge in [-0.2, -0.15) is 4.31 Å². The smallest absolute Gasteiger partial charge is 0.335 e. The predicted molar refractivity (Wildman–Crippen MR) is 90.8 cm³/mol. The van der Waals surface area contributed by atoms with E-state index < -0.39 is 16.0 Å². The van der Waals surface area contributed by atoms with Gasteiger partial charge in [0.2, 0.25) is 10.0 Å². The number of likely N-dealkylation sites (tertiary alicyclic amines) is 1. The summed E-state index contributed by atoms with van der Waals surface area (Å²) >= 11 is 0. The Labute approximate surface area is 143 Å². The maximum Gasteiger partial charge on any atom is 0.335 e. The molecule has 2 saturated heterocycles. The van der Waals surface area contributed by atoms with E-state index in [-0.39, 0.29) is 16.5 Å². The average molecular weight is 352 g/mol. The van der Waals surface area contributed by atoms with Crippen molar-refractivity contribution in [1.82, 2.24) is 9.21 Å². The number of carboxylic acid groups (broad SMARTS) is 1. The van der Waals surface area contributed by atoms with Gasteiger partial charge in [0.25, 0.3) is 0 Å². The Morgan fingerprint density at radius 3 is 2.58 bits per heavy atom. The van der Waals surface area contributed by atoms with Crippen molar-refractivity contribution in [3.8, 4) is 0 Å². The fourth-order valence-corrected chi connectivity index (χ4v) is 5.50. The fourth-order valence-electron chi connectivity index (χ4n) is 3.69. The van der Waals surface area contributed by atoms with E-state index in [1.54, 1.807) is 6.07 Å². The summed E-state index contributed by atoms with van der Waals surface area (Å²) in [5.74, 6) is -1.11. The summed E-state index contributed by atoms with van der Waals surface area (Å²) in [7, 11) is -3.66. The molecular formula is C17H24N2O4S. The maximum atomic E-state index is 13.1. The van der Waals surface area contributed by atoms with Crippen LogP contribution in [0.5, 0.6) is 0 Å². The molecule has 1 aromatic carbocycles. The molecule has 0 aromatic heterocycles. The molecule has 132 valence electrons. The number of aromatic carboxylic acids is 1. The number of benzene rings is 1. The summed E-state index contributed by atoms with van der Waals surface area (Å²) < 4.78 is 27.7. The van der Waals surface area contributed by atoms with Crippen LogP contribution in [0.3, 0.4) is 0 Å². The molecule has 1 aromatic rings. The minimum absolute atomic E-state index is 0.0149. The largest absolute Gasteiger partial charge is 0.478 e. The second kappa shape index (κ2) is 6.82. The van der Waals surface area contributed by atoms with Crippen molar-refractivity contribution in [3.63, 3.8) is 0 Å². The Bertz CT molecular complexity index is 726. The Hall–Kier alpha value is -1.44. The van der Waals surface area contributed by atoms with Crippen molar-refractivity contribution in [2.24, 2.45) is 0 Å². The Morgan fingerprint density at radius 1 is 1.25 bits per heavy atom. The van der Waals surface area contributed by atoms with Gasteiger partial charge >= 0.3 is 5.97 Å². The van der Waals surface area contributed by atoms with Crippen LogP contribution in [0, 0.1) is 0 Å². The number of rotatable bonds is 5. The van der Waals surface area contributed by atoms with Gasteiger partial charge in [-0.1, -0.05) is 13.0 Å². The molecule has 3 rings (SSSR count). The van der Waals surface area contributed by atoms with E-state index in [2.05, 4.69) is 4.90 Å². The van der Waals surface area contributed by atoms with Gasteiger partial charge in [-0.15, -0.1) is 0 Å². The lowest BCUT2D eigenvalue weighted by atomic mass is 10.1. The molecule has 2 aliphatic heterocycles. The molecule has 6 nitrogen and oxygen atoms in total. The maximum absolute atomic E-state index is 13.1. The van der Waals surface area contributed by atoms with Crippen molar-refractivity contribution in [2.75, 3.05) is 26.2 Å². The SMILES string of the molecule is CCc1ccc(C(=O)O)cc1S(=O)(=O)N1CC[C@H](N2CCCC2)C1. The minimum atomic E-state index is -3.66. The second-order valence-electron chi connectivity index (χ2n) is 6.53. The van der Waals surface area contributed by atoms with Crippen LogP contribution in [0.4, 0.5) is 0 Å². The van der Waals surface area contributed by atoms with Crippen molar-refractivity contribution >= 4 is 16.0 Å². The molecule has 0 spiro atoms. The van der Waals surface area contributed by atoms with Gasteiger partial charge in [0, 0.05) is 19.1 Å². The van der Waals surface area contributed by atoms with Crippen molar-refractivity contribution in [2.45, 2.75) is 43.5 Å². The topological polar surface area (TPSA) is 77.9 Å². The van der Waals surface area contributed by atoms with Crippen LogP contribution in [0.25, 0.3) is 0 Å². The third kappa shape index (κ3) is 3.20. The zero-order valence-corrected chi connectivity index (χ0v) is 14.8. The number of nitrogens with zero attached hydrogens (tertiary/aromatic N) is 2. The summed E-state index contributed by atoms with van der Waals surface area (Å²) in [6, 6.07) is 4.68. The summed E-state index contributed by atoms with van der Waals surface area (Å²) in [6.45, 7) is 4.99. The fraction of sp³-hybridized carbons (Fsp3) is 0.588. The van der Waals surface area contributed by atoms with E-state index in [1.807, 2.05) is 6.92 Å². The van der Waals surface area contributed by atoms with Crippen LogP contribution < -0.4 is 0 Å². The standard InChI is InChI=1S/C17H24N2O4S/c1-2-13-5-6-14(17(20)21)11-16(13)24(22,23)19-10-7-15(12-19)18-8-3-4-9-18/h5-6,11,15H,2-4,7-10,12H2,1H3,(H,20,21)/t15-/m0/s1. The van der Waals surface area contributed by atoms with Gasteiger partial charge in [-0.3, -0.25) is 4.90 Å². The third-order valence-corrected chi connectivity index (χ3v) is 7.04. The van der Waals surface area contributed by atoms with E-state index in [9.17, 15) is 18.3 Å². The number of sulfonamides is 1. The molecule has 0 bridgehead atoms. The quantitative estimate of drug-likeness (QED) is 0.874. The monoisotopic (exact) mass is 352 g/mol. The van der Waals surface area contributed by atoms with Gasteiger partial charge < -0.3 is 5.11 Å². The zero-order valence-electron chi connectivity index (χ0n) is 13.9. The molecule has 2 aliphatic rings. The van der Waals surface area contributed by atoms with Gasteiger partial charge in [-0.25, -0.2) is 13.2 Å². The van der Waals surface area contributed by atoms with Gasteiger partial charge in [0.1, 0.15) is 0 Å². The molecular weight excluding hydrogens is 328 g/mol. The summed E-state index contributed by atoms with van der Waals surface area (Å²) in [4.78, 5) is 13.7.